The molecular weight excluding hydrogens is 350 g/mol. The molecule has 136 valence electrons. The number of carbonyl (C=O) groups is 2. The van der Waals surface area contributed by atoms with Crippen LogP contribution in [0.2, 0.25) is 0 Å². The first kappa shape index (κ1) is 17.6. The molecule has 4 heteroatoms. The summed E-state index contributed by atoms with van der Waals surface area (Å²) in [5, 5.41) is 0.718. The Balaban J connectivity index is 1.78. The van der Waals surface area contributed by atoms with E-state index in [4.69, 9.17) is 4.74 Å². The second-order valence-corrected chi connectivity index (χ2v) is 6.41. The Bertz CT molecular complexity index is 1180. The largest absolute Gasteiger partial charge is 0.423 e. The maximum atomic E-state index is 13.0. The second kappa shape index (κ2) is 7.45. The minimum Gasteiger partial charge on any atom is -0.423 e. The average Bonchev–Trinajstić information content (AvgIpc) is 2.73. The maximum absolute atomic E-state index is 13.0. The first-order chi connectivity index (χ1) is 13.6. The van der Waals surface area contributed by atoms with Crippen LogP contribution < -0.4 is 4.74 Å². The summed E-state index contributed by atoms with van der Waals surface area (Å²) >= 11 is 0. The van der Waals surface area contributed by atoms with E-state index in [1.807, 2.05) is 54.6 Å². The van der Waals surface area contributed by atoms with Crippen molar-refractivity contribution >= 4 is 22.7 Å². The van der Waals surface area contributed by atoms with E-state index in [9.17, 15) is 9.59 Å². The lowest BCUT2D eigenvalue weighted by Gasteiger charge is -2.10. The maximum Gasteiger partial charge on any atom is 0.344 e. The molecule has 1 aromatic heterocycles. The molecule has 1 heterocycles. The van der Waals surface area contributed by atoms with Gasteiger partial charge in [0.1, 0.15) is 5.75 Å². The standard InChI is InChI=1S/C24H17NO3/c1-16(26)18-10-7-11-19(14-18)28-24(27)21-15-23(17-8-3-2-4-9-17)25-22-13-6-5-12-20(21)22/h2-15H,1H3. The molecule has 3 aromatic carbocycles. The van der Waals surface area contributed by atoms with E-state index < -0.39 is 5.97 Å². The highest BCUT2D eigenvalue weighted by molar-refractivity contribution is 6.05. The van der Waals surface area contributed by atoms with Crippen molar-refractivity contribution in [2.45, 2.75) is 6.92 Å². The van der Waals surface area contributed by atoms with E-state index in [0.717, 1.165) is 10.9 Å². The smallest absolute Gasteiger partial charge is 0.344 e. The predicted octanol–water partition coefficient (Wildman–Crippen LogP) is 5.32. The van der Waals surface area contributed by atoms with Crippen molar-refractivity contribution in [2.75, 3.05) is 0 Å². The van der Waals surface area contributed by atoms with Crippen LogP contribution in [0.5, 0.6) is 5.75 Å². The topological polar surface area (TPSA) is 56.3 Å². The highest BCUT2D eigenvalue weighted by atomic mass is 16.5. The van der Waals surface area contributed by atoms with Crippen molar-refractivity contribution in [3.63, 3.8) is 0 Å². The van der Waals surface area contributed by atoms with E-state index in [1.54, 1.807) is 30.3 Å². The highest BCUT2D eigenvalue weighted by Crippen LogP contribution is 2.26. The third kappa shape index (κ3) is 3.53. The van der Waals surface area contributed by atoms with Crippen molar-refractivity contribution in [2.24, 2.45) is 0 Å². The average molecular weight is 367 g/mol. The number of ether oxygens (including phenoxy) is 1. The highest BCUT2D eigenvalue weighted by Gasteiger charge is 2.16. The van der Waals surface area contributed by atoms with Crippen LogP contribution in [-0.4, -0.2) is 16.7 Å². The Morgan fingerprint density at radius 2 is 1.57 bits per heavy atom. The summed E-state index contributed by atoms with van der Waals surface area (Å²) in [4.78, 5) is 29.2. The van der Waals surface area contributed by atoms with Crippen molar-refractivity contribution in [3.8, 4) is 17.0 Å². The normalized spacial score (nSPS) is 10.6. The Morgan fingerprint density at radius 3 is 2.36 bits per heavy atom. The monoisotopic (exact) mass is 367 g/mol. The summed E-state index contributed by atoms with van der Waals surface area (Å²) in [5.41, 5.74) is 3.26. The lowest BCUT2D eigenvalue weighted by molar-refractivity contribution is 0.0735. The number of aromatic nitrogens is 1. The van der Waals surface area contributed by atoms with Gasteiger partial charge in [-0.1, -0.05) is 60.7 Å². The fourth-order valence-electron chi connectivity index (χ4n) is 3.04. The number of para-hydroxylation sites is 1. The molecule has 0 saturated heterocycles. The molecule has 0 N–H and O–H groups in total. The molecule has 0 amide bonds. The molecule has 0 aliphatic rings. The van der Waals surface area contributed by atoms with Gasteiger partial charge in [0.15, 0.2) is 5.78 Å². The van der Waals surface area contributed by atoms with Crippen LogP contribution in [0.1, 0.15) is 27.6 Å². The number of hydrogen-bond acceptors (Lipinski definition) is 4. The van der Waals surface area contributed by atoms with Crippen molar-refractivity contribution in [1.82, 2.24) is 4.98 Å². The number of benzene rings is 3. The molecular formula is C24H17NO3. The van der Waals surface area contributed by atoms with Crippen LogP contribution in [0, 0.1) is 0 Å². The van der Waals surface area contributed by atoms with E-state index >= 15 is 0 Å². The number of rotatable bonds is 4. The number of hydrogen-bond donors (Lipinski definition) is 0. The summed E-state index contributed by atoms with van der Waals surface area (Å²) in [6.07, 6.45) is 0. The Morgan fingerprint density at radius 1 is 0.821 bits per heavy atom. The molecule has 4 nitrogen and oxygen atoms in total. The summed E-state index contributed by atoms with van der Waals surface area (Å²) in [6.45, 7) is 1.48. The summed E-state index contributed by atoms with van der Waals surface area (Å²) < 4.78 is 5.57. The van der Waals surface area contributed by atoms with Gasteiger partial charge in [0.25, 0.3) is 0 Å². The Hall–Kier alpha value is -3.79. The molecule has 0 fully saturated rings. The fraction of sp³-hybridized carbons (Fsp3) is 0.0417. The van der Waals surface area contributed by atoms with Gasteiger partial charge in [0.05, 0.1) is 16.8 Å². The summed E-state index contributed by atoms with van der Waals surface area (Å²) in [7, 11) is 0. The van der Waals surface area contributed by atoms with E-state index in [-0.39, 0.29) is 5.78 Å². The molecule has 4 rings (SSSR count). The number of ketones is 1. The molecule has 0 saturated carbocycles. The lowest BCUT2D eigenvalue weighted by atomic mass is 10.0. The van der Waals surface area contributed by atoms with Gasteiger partial charge < -0.3 is 4.74 Å². The minimum atomic E-state index is -0.489. The van der Waals surface area contributed by atoms with E-state index in [0.29, 0.717) is 28.1 Å². The first-order valence-corrected chi connectivity index (χ1v) is 8.90. The molecule has 28 heavy (non-hydrogen) atoms. The zero-order chi connectivity index (χ0) is 19.5. The molecule has 0 aliphatic carbocycles. The van der Waals surface area contributed by atoms with Gasteiger partial charge in [0.2, 0.25) is 0 Å². The predicted molar refractivity (Wildman–Crippen MR) is 109 cm³/mol. The van der Waals surface area contributed by atoms with Crippen molar-refractivity contribution in [3.05, 3.63) is 96.1 Å². The first-order valence-electron chi connectivity index (χ1n) is 8.90. The van der Waals surface area contributed by atoms with Crippen LogP contribution in [0.3, 0.4) is 0 Å². The Kier molecular flexibility index (Phi) is 4.68. The van der Waals surface area contributed by atoms with Crippen LogP contribution in [0.15, 0.2) is 84.9 Å². The van der Waals surface area contributed by atoms with Crippen LogP contribution in [0.25, 0.3) is 22.2 Å². The van der Waals surface area contributed by atoms with E-state index in [1.165, 1.54) is 6.92 Å². The molecule has 0 unspecified atom stereocenters. The van der Waals surface area contributed by atoms with Crippen molar-refractivity contribution in [1.29, 1.82) is 0 Å². The molecule has 0 radical (unpaired) electrons. The SMILES string of the molecule is CC(=O)c1cccc(OC(=O)c2cc(-c3ccccc3)nc3ccccc23)c1. The van der Waals surface area contributed by atoms with Gasteiger partial charge in [-0.2, -0.15) is 0 Å². The molecule has 0 spiro atoms. The van der Waals surface area contributed by atoms with Crippen LogP contribution in [-0.2, 0) is 0 Å². The quantitative estimate of drug-likeness (QED) is 0.278. The third-order valence-electron chi connectivity index (χ3n) is 4.46. The van der Waals surface area contributed by atoms with Gasteiger partial charge in [0, 0.05) is 16.5 Å². The number of fused-ring (bicyclic) bond motifs is 1. The number of carbonyl (C=O) groups excluding carboxylic acids is 2. The molecule has 0 atom stereocenters. The fourth-order valence-corrected chi connectivity index (χ4v) is 3.04. The van der Waals surface area contributed by atoms with Gasteiger partial charge >= 0.3 is 5.97 Å². The third-order valence-corrected chi connectivity index (χ3v) is 4.46. The Labute approximate surface area is 162 Å². The van der Waals surface area contributed by atoms with Gasteiger partial charge in [-0.05, 0) is 31.2 Å². The van der Waals surface area contributed by atoms with Crippen LogP contribution in [0.4, 0.5) is 0 Å². The van der Waals surface area contributed by atoms with Gasteiger partial charge in [-0.3, -0.25) is 4.79 Å². The number of nitrogens with zero attached hydrogens (tertiary/aromatic N) is 1. The van der Waals surface area contributed by atoms with Gasteiger partial charge in [-0.15, -0.1) is 0 Å². The van der Waals surface area contributed by atoms with Crippen molar-refractivity contribution < 1.29 is 14.3 Å². The zero-order valence-corrected chi connectivity index (χ0v) is 15.3. The second-order valence-electron chi connectivity index (χ2n) is 6.41. The molecule has 0 bridgehead atoms. The zero-order valence-electron chi connectivity index (χ0n) is 15.3. The number of esters is 1. The number of pyridine rings is 1. The van der Waals surface area contributed by atoms with E-state index in [2.05, 4.69) is 4.98 Å². The van der Waals surface area contributed by atoms with Crippen LogP contribution >= 0.6 is 0 Å². The minimum absolute atomic E-state index is 0.0846. The van der Waals surface area contributed by atoms with Gasteiger partial charge in [-0.25, -0.2) is 9.78 Å². The molecule has 0 aliphatic heterocycles. The summed E-state index contributed by atoms with van der Waals surface area (Å²) in [6, 6.07) is 25.5. The summed E-state index contributed by atoms with van der Waals surface area (Å²) in [5.74, 6) is -0.241. The number of Topliss-reactive ketones (excluding diaryl/α,β-unsaturated/α-hetero) is 1. The lowest BCUT2D eigenvalue weighted by Crippen LogP contribution is -2.10. The molecule has 4 aromatic rings.